The Kier molecular flexibility index (Phi) is 7.82. The molecule has 0 aromatic rings. The van der Waals surface area contributed by atoms with Crippen LogP contribution in [-0.4, -0.2) is 45.9 Å². The van der Waals surface area contributed by atoms with Crippen molar-refractivity contribution in [2.24, 2.45) is 28.6 Å². The Bertz CT molecular complexity index is 1010. The summed E-state index contributed by atoms with van der Waals surface area (Å²) in [6.07, 6.45) is 9.46. The molecule has 0 heterocycles. The molecule has 4 rings (SSSR count). The van der Waals surface area contributed by atoms with E-state index in [9.17, 15) is 14.7 Å². The Morgan fingerprint density at radius 2 is 1.95 bits per heavy atom. The van der Waals surface area contributed by atoms with Gasteiger partial charge >= 0.3 is 5.97 Å². The summed E-state index contributed by atoms with van der Waals surface area (Å²) in [6.45, 7) is 10.2. The average Bonchev–Trinajstić information content (AvgIpc) is 3.07. The lowest BCUT2D eigenvalue weighted by atomic mass is 9.45. The van der Waals surface area contributed by atoms with E-state index in [1.807, 2.05) is 20.8 Å². The molecule has 0 aromatic heterocycles. The van der Waals surface area contributed by atoms with Crippen molar-refractivity contribution in [1.29, 1.82) is 0 Å². The number of rotatable bonds is 8. The van der Waals surface area contributed by atoms with Gasteiger partial charge in [0.25, 0.3) is 0 Å². The van der Waals surface area contributed by atoms with E-state index in [1.54, 1.807) is 19.1 Å². The molecule has 4 aliphatic carbocycles. The van der Waals surface area contributed by atoms with Gasteiger partial charge in [0.2, 0.25) is 5.05 Å². The molecule has 0 saturated heterocycles. The number of unbranched alkanes of at least 4 members (excludes halogenated alkanes) is 3. The van der Waals surface area contributed by atoms with Crippen molar-refractivity contribution in [3.05, 3.63) is 23.8 Å². The maximum Gasteiger partial charge on any atom is 0.306 e. The van der Waals surface area contributed by atoms with Gasteiger partial charge in [0, 0.05) is 29.1 Å². The number of ether oxygens (including phenoxy) is 2. The second kappa shape index (κ2) is 10.2. The predicted molar refractivity (Wildman–Crippen MR) is 145 cm³/mol. The smallest absolute Gasteiger partial charge is 0.306 e. The number of hydrogen-bond donors (Lipinski definition) is 1. The first-order valence-electron chi connectivity index (χ1n) is 14.1. The van der Waals surface area contributed by atoms with Crippen LogP contribution in [0.4, 0.5) is 4.39 Å². The molecule has 0 radical (unpaired) electrons. The molecule has 0 aliphatic heterocycles. The number of hydrogen-bond acceptors (Lipinski definition) is 6. The largest absolute Gasteiger partial charge is 0.483 e. The van der Waals surface area contributed by atoms with Crippen LogP contribution in [0.1, 0.15) is 92.4 Å². The zero-order chi connectivity index (χ0) is 27.2. The summed E-state index contributed by atoms with van der Waals surface area (Å²) in [4.78, 5) is 24.9. The van der Waals surface area contributed by atoms with Gasteiger partial charge in [0.1, 0.15) is 0 Å². The molecule has 3 fully saturated rings. The summed E-state index contributed by atoms with van der Waals surface area (Å²) in [7, 11) is 0. The quantitative estimate of drug-likeness (QED) is 0.226. The SMILES string of the molecule is CCCCCCOC(=S)[C@@]1(OC(=O)CC)[C@@H](C)C[C@H]2[C@@H]3CCC4=CC(=O)C=C[C@]4(C)[C@@]3(F)[C@@H](O)C[C@@]21C. The number of thiocarbonyl (C=S) groups is 1. The maximum atomic E-state index is 17.5. The molecule has 5 nitrogen and oxygen atoms in total. The van der Waals surface area contributed by atoms with Gasteiger partial charge in [-0.3, -0.25) is 9.59 Å². The number of carbonyl (C=O) groups is 2. The van der Waals surface area contributed by atoms with E-state index in [1.165, 1.54) is 6.08 Å². The fourth-order valence-electron chi connectivity index (χ4n) is 8.28. The lowest BCUT2D eigenvalue weighted by molar-refractivity contribution is -0.218. The number of ketones is 1. The number of carbonyl (C=O) groups excluding carboxylic acids is 2. The Labute approximate surface area is 226 Å². The van der Waals surface area contributed by atoms with E-state index in [-0.39, 0.29) is 41.5 Å². The number of fused-ring (bicyclic) bond motifs is 5. The van der Waals surface area contributed by atoms with Gasteiger partial charge in [0.05, 0.1) is 12.7 Å². The highest BCUT2D eigenvalue weighted by atomic mass is 32.1. The Hall–Kier alpha value is -1.60. The molecular formula is C30H43FO5S. The Morgan fingerprint density at radius 1 is 1.22 bits per heavy atom. The molecule has 0 unspecified atom stereocenters. The van der Waals surface area contributed by atoms with Crippen LogP contribution in [0, 0.1) is 28.6 Å². The van der Waals surface area contributed by atoms with Crippen LogP contribution in [0.2, 0.25) is 0 Å². The highest BCUT2D eigenvalue weighted by Crippen LogP contribution is 2.71. The fraction of sp³-hybridized carbons (Fsp3) is 0.767. The van der Waals surface area contributed by atoms with Crippen LogP contribution in [0.15, 0.2) is 23.8 Å². The number of aliphatic hydroxyl groups is 1. The molecule has 1 N–H and O–H groups in total. The topological polar surface area (TPSA) is 72.8 Å². The monoisotopic (exact) mass is 534 g/mol. The van der Waals surface area contributed by atoms with E-state index in [4.69, 9.17) is 21.7 Å². The predicted octanol–water partition coefficient (Wildman–Crippen LogP) is 6.22. The van der Waals surface area contributed by atoms with Crippen molar-refractivity contribution < 1.29 is 28.6 Å². The van der Waals surface area contributed by atoms with Crippen molar-refractivity contribution in [3.8, 4) is 0 Å². The molecular weight excluding hydrogens is 491 g/mol. The van der Waals surface area contributed by atoms with E-state index in [2.05, 4.69) is 6.92 Å². The third-order valence-electron chi connectivity index (χ3n) is 10.3. The highest BCUT2D eigenvalue weighted by Gasteiger charge is 2.77. The minimum absolute atomic E-state index is 0.0932. The van der Waals surface area contributed by atoms with Gasteiger partial charge in [-0.2, -0.15) is 0 Å². The first-order chi connectivity index (χ1) is 17.4. The number of esters is 1. The number of alkyl halides is 1. The summed E-state index contributed by atoms with van der Waals surface area (Å²) in [5.41, 5.74) is -4.26. The van der Waals surface area contributed by atoms with Crippen LogP contribution in [0.5, 0.6) is 0 Å². The van der Waals surface area contributed by atoms with E-state index in [0.29, 0.717) is 25.9 Å². The first kappa shape index (κ1) is 28.4. The zero-order valence-electron chi connectivity index (χ0n) is 23.0. The molecule has 8 atom stereocenters. The minimum Gasteiger partial charge on any atom is -0.483 e. The summed E-state index contributed by atoms with van der Waals surface area (Å²) in [6, 6.07) is 0. The van der Waals surface area contributed by atoms with Gasteiger partial charge in [-0.05, 0) is 69.3 Å². The Morgan fingerprint density at radius 3 is 2.62 bits per heavy atom. The second-order valence-electron chi connectivity index (χ2n) is 12.2. The van der Waals surface area contributed by atoms with E-state index >= 15 is 4.39 Å². The Balaban J connectivity index is 1.73. The lowest BCUT2D eigenvalue weighted by Crippen LogP contribution is -2.69. The van der Waals surface area contributed by atoms with Crippen LogP contribution >= 0.6 is 12.2 Å². The number of aliphatic hydroxyl groups excluding tert-OH is 1. The summed E-state index contributed by atoms with van der Waals surface area (Å²) >= 11 is 5.90. The van der Waals surface area contributed by atoms with Crippen molar-refractivity contribution in [1.82, 2.24) is 0 Å². The van der Waals surface area contributed by atoms with Crippen molar-refractivity contribution in [2.75, 3.05) is 6.61 Å². The van der Waals surface area contributed by atoms with E-state index in [0.717, 1.165) is 31.3 Å². The molecule has 7 heteroatoms. The van der Waals surface area contributed by atoms with Gasteiger partial charge in [0.15, 0.2) is 17.1 Å². The van der Waals surface area contributed by atoms with Crippen molar-refractivity contribution in [2.45, 2.75) is 110 Å². The molecule has 0 amide bonds. The van der Waals surface area contributed by atoms with Crippen LogP contribution in [0.25, 0.3) is 0 Å². The van der Waals surface area contributed by atoms with Gasteiger partial charge in [-0.1, -0.05) is 58.6 Å². The zero-order valence-corrected chi connectivity index (χ0v) is 23.8. The van der Waals surface area contributed by atoms with Crippen molar-refractivity contribution >= 4 is 29.0 Å². The molecule has 4 aliphatic rings. The third-order valence-corrected chi connectivity index (χ3v) is 10.7. The van der Waals surface area contributed by atoms with Crippen molar-refractivity contribution in [3.63, 3.8) is 0 Å². The van der Waals surface area contributed by atoms with Crippen LogP contribution in [0.3, 0.4) is 0 Å². The first-order valence-corrected chi connectivity index (χ1v) is 14.5. The van der Waals surface area contributed by atoms with E-state index < -0.39 is 34.1 Å². The molecule has 206 valence electrons. The van der Waals surface area contributed by atoms with Crippen LogP contribution < -0.4 is 0 Å². The fourth-order valence-corrected chi connectivity index (χ4v) is 8.84. The summed E-state index contributed by atoms with van der Waals surface area (Å²) < 4.78 is 29.9. The normalized spacial score (nSPS) is 42.4. The molecule has 0 spiro atoms. The molecule has 3 saturated carbocycles. The molecule has 0 aromatic carbocycles. The summed E-state index contributed by atoms with van der Waals surface area (Å²) in [5, 5.41) is 11.9. The minimum atomic E-state index is -1.94. The third kappa shape index (κ3) is 4.05. The molecule has 0 bridgehead atoms. The average molecular weight is 535 g/mol. The standard InChI is InChI=1S/C30H43FO5S/c1-6-8-9-10-15-35-26(37)30(36-25(34)7-2)19(3)16-23-22-12-11-20-17-21(32)13-14-27(20,4)29(22,31)24(33)18-28(23,30)5/h13-14,17,19,22-24,33H,6-12,15-16,18H2,1-5H3/t19-,22-,23-,24-,27-,28-,29-,30-/m0/s1. The maximum absolute atomic E-state index is 17.5. The van der Waals surface area contributed by atoms with Crippen LogP contribution in [-0.2, 0) is 19.1 Å². The second-order valence-corrected chi connectivity index (χ2v) is 12.5. The summed E-state index contributed by atoms with van der Waals surface area (Å²) in [5.74, 6) is -1.34. The van der Waals surface area contributed by atoms with Gasteiger partial charge < -0.3 is 14.6 Å². The molecule has 37 heavy (non-hydrogen) atoms. The number of halogens is 1. The van der Waals surface area contributed by atoms with Gasteiger partial charge in [-0.15, -0.1) is 0 Å². The highest BCUT2D eigenvalue weighted by molar-refractivity contribution is 7.80. The lowest BCUT2D eigenvalue weighted by Gasteiger charge is -2.62. The van der Waals surface area contributed by atoms with Gasteiger partial charge in [-0.25, -0.2) is 4.39 Å². The number of allylic oxidation sites excluding steroid dienone is 4.